The van der Waals surface area contributed by atoms with Crippen molar-refractivity contribution in [1.29, 1.82) is 0 Å². The van der Waals surface area contributed by atoms with Gasteiger partial charge in [-0.15, -0.1) is 11.3 Å². The first-order chi connectivity index (χ1) is 19.9. The van der Waals surface area contributed by atoms with Crippen molar-refractivity contribution in [2.24, 2.45) is 0 Å². The van der Waals surface area contributed by atoms with E-state index in [9.17, 15) is 19.5 Å². The lowest BCUT2D eigenvalue weighted by Gasteiger charge is -2.54. The Morgan fingerprint density at radius 3 is 2.56 bits per heavy atom. The maximum absolute atomic E-state index is 14.0. The molecule has 2 aliphatic rings. The summed E-state index contributed by atoms with van der Waals surface area (Å²) in [4.78, 5) is 48.8. The number of fused-ring (bicyclic) bond motifs is 2. The summed E-state index contributed by atoms with van der Waals surface area (Å²) in [5, 5.41) is 15.9. The van der Waals surface area contributed by atoms with Crippen molar-refractivity contribution >= 4 is 39.4 Å². The molecule has 210 valence electrons. The molecule has 0 bridgehead atoms. The Kier molecular flexibility index (Phi) is 7.29. The average molecular weight is 571 g/mol. The van der Waals surface area contributed by atoms with Gasteiger partial charge in [0.2, 0.25) is 11.8 Å². The Labute approximate surface area is 241 Å². The summed E-state index contributed by atoms with van der Waals surface area (Å²) in [6.07, 6.45) is -0.432. The second-order valence-corrected chi connectivity index (χ2v) is 11.2. The van der Waals surface area contributed by atoms with Crippen molar-refractivity contribution in [3.05, 3.63) is 95.0 Å². The van der Waals surface area contributed by atoms with Gasteiger partial charge < -0.3 is 20.2 Å². The van der Waals surface area contributed by atoms with Gasteiger partial charge in [-0.25, -0.2) is 19.8 Å². The number of hydrogen-bond donors (Lipinski definition) is 2. The molecule has 10 nitrogen and oxygen atoms in total. The number of carbonyl (C=O) groups is 3. The van der Waals surface area contributed by atoms with Crippen LogP contribution in [0.4, 0.5) is 4.79 Å². The highest BCUT2D eigenvalue weighted by molar-refractivity contribution is 7.16. The van der Waals surface area contributed by atoms with Crippen molar-refractivity contribution in [3.8, 4) is 5.75 Å². The van der Waals surface area contributed by atoms with Crippen LogP contribution >= 0.6 is 11.3 Å². The molecule has 11 heteroatoms. The number of likely N-dealkylation sites (N-methyl/N-ethyl adjacent to an activating group) is 1. The van der Waals surface area contributed by atoms with Gasteiger partial charge in [0.25, 0.3) is 0 Å². The van der Waals surface area contributed by atoms with E-state index in [-0.39, 0.29) is 43.1 Å². The van der Waals surface area contributed by atoms with E-state index >= 15 is 0 Å². The molecule has 2 saturated heterocycles. The van der Waals surface area contributed by atoms with Gasteiger partial charge in [0.15, 0.2) is 0 Å². The smallest absolute Gasteiger partial charge is 0.334 e. The van der Waals surface area contributed by atoms with Crippen molar-refractivity contribution < 1.29 is 19.5 Å². The molecule has 2 N–H and O–H groups in total. The number of phenolic OH excluding ortho intramolecular Hbond substituents is 1. The van der Waals surface area contributed by atoms with Gasteiger partial charge in [-0.1, -0.05) is 48.5 Å². The topological polar surface area (TPSA) is 109 Å². The van der Waals surface area contributed by atoms with Crippen molar-refractivity contribution in [1.82, 2.24) is 30.1 Å². The number of phenols is 1. The van der Waals surface area contributed by atoms with E-state index in [1.165, 1.54) is 11.3 Å². The fourth-order valence-electron chi connectivity index (χ4n) is 5.58. The second-order valence-electron chi connectivity index (χ2n) is 10.3. The number of rotatable bonds is 6. The van der Waals surface area contributed by atoms with E-state index in [4.69, 9.17) is 0 Å². The van der Waals surface area contributed by atoms with Gasteiger partial charge in [0.05, 0.1) is 28.8 Å². The minimum atomic E-state index is -0.809. The highest BCUT2D eigenvalue weighted by Crippen LogP contribution is 2.30. The number of aromatic nitrogens is 1. The molecule has 0 radical (unpaired) electrons. The van der Waals surface area contributed by atoms with Crippen LogP contribution in [0.15, 0.2) is 78.3 Å². The van der Waals surface area contributed by atoms with Gasteiger partial charge in [-0.2, -0.15) is 0 Å². The predicted molar refractivity (Wildman–Crippen MR) is 154 cm³/mol. The van der Waals surface area contributed by atoms with E-state index in [0.717, 1.165) is 26.9 Å². The first-order valence-electron chi connectivity index (χ1n) is 13.4. The highest BCUT2D eigenvalue weighted by atomic mass is 32.1. The molecular formula is C30H30N6O4S. The standard InChI is InChI=1S/C30H30N6O4S/c1-33-18-28(38)35-25(13-20-7-10-23(37)11-8-20)29(39)34(16-22-9-12-24-26(14-22)41-19-32-24)17-27(35)36(33)30(40)31-15-21-5-3-2-4-6-21/h2-12,14,19,25,27,37H,13,15-18H2,1H3,(H,31,40). The van der Waals surface area contributed by atoms with E-state index in [1.54, 1.807) is 56.6 Å². The van der Waals surface area contributed by atoms with E-state index in [1.807, 2.05) is 48.5 Å². The molecule has 2 fully saturated rings. The molecule has 2 unspecified atom stereocenters. The Hall–Kier alpha value is -4.48. The van der Waals surface area contributed by atoms with Gasteiger partial charge >= 0.3 is 6.03 Å². The number of piperazine rings is 1. The lowest BCUT2D eigenvalue weighted by atomic mass is 9.98. The number of aromatic hydroxyl groups is 1. The quantitative estimate of drug-likeness (QED) is 0.369. The fourth-order valence-corrected chi connectivity index (χ4v) is 6.32. The number of nitrogens with one attached hydrogen (secondary N) is 1. The number of amides is 4. The van der Waals surface area contributed by atoms with Crippen molar-refractivity contribution in [2.75, 3.05) is 20.1 Å². The van der Waals surface area contributed by atoms with Gasteiger partial charge in [0.1, 0.15) is 18.0 Å². The molecule has 41 heavy (non-hydrogen) atoms. The number of thiazole rings is 1. The Morgan fingerprint density at radius 2 is 1.78 bits per heavy atom. The number of carbonyl (C=O) groups excluding carboxylic acids is 3. The van der Waals surface area contributed by atoms with Crippen molar-refractivity contribution in [3.63, 3.8) is 0 Å². The highest BCUT2D eigenvalue weighted by Gasteiger charge is 2.50. The molecule has 6 rings (SSSR count). The summed E-state index contributed by atoms with van der Waals surface area (Å²) in [5.41, 5.74) is 5.40. The molecule has 1 aromatic heterocycles. The summed E-state index contributed by atoms with van der Waals surface area (Å²) in [5.74, 6) is -0.271. The monoisotopic (exact) mass is 570 g/mol. The van der Waals surface area contributed by atoms with Crippen LogP contribution in [0.3, 0.4) is 0 Å². The van der Waals surface area contributed by atoms with Crippen LogP contribution in [0.25, 0.3) is 10.2 Å². The number of nitrogens with zero attached hydrogens (tertiary/aromatic N) is 5. The van der Waals surface area contributed by atoms with Gasteiger partial charge in [0, 0.05) is 26.6 Å². The first-order valence-corrected chi connectivity index (χ1v) is 14.3. The summed E-state index contributed by atoms with van der Waals surface area (Å²) >= 11 is 1.54. The molecule has 4 aromatic rings. The van der Waals surface area contributed by atoms with E-state index in [0.29, 0.717) is 13.1 Å². The normalized spacial score (nSPS) is 19.5. The van der Waals surface area contributed by atoms with Crippen LogP contribution in [0.1, 0.15) is 16.7 Å². The predicted octanol–water partition coefficient (Wildman–Crippen LogP) is 3.18. The molecule has 0 spiro atoms. The maximum Gasteiger partial charge on any atom is 0.334 e. The van der Waals surface area contributed by atoms with Crippen LogP contribution in [-0.4, -0.2) is 80.1 Å². The number of hydrogen-bond acceptors (Lipinski definition) is 7. The maximum atomic E-state index is 14.0. The molecule has 2 atom stereocenters. The first kappa shape index (κ1) is 26.7. The Bertz CT molecular complexity index is 1580. The molecule has 0 saturated carbocycles. The van der Waals surface area contributed by atoms with E-state index in [2.05, 4.69) is 10.3 Å². The summed E-state index contributed by atoms with van der Waals surface area (Å²) < 4.78 is 1.03. The molecule has 3 heterocycles. The molecule has 3 aromatic carbocycles. The number of urea groups is 1. The minimum absolute atomic E-state index is 0.0311. The summed E-state index contributed by atoms with van der Waals surface area (Å²) in [6, 6.07) is 21.0. The van der Waals surface area contributed by atoms with Crippen LogP contribution in [0.2, 0.25) is 0 Å². The number of hydrazine groups is 1. The van der Waals surface area contributed by atoms with Crippen LogP contribution in [0.5, 0.6) is 5.75 Å². The lowest BCUT2D eigenvalue weighted by molar-refractivity contribution is -0.187. The molecule has 0 aliphatic carbocycles. The lowest BCUT2D eigenvalue weighted by Crippen LogP contribution is -2.76. The largest absolute Gasteiger partial charge is 0.508 e. The fraction of sp³-hybridized carbons (Fsp3) is 0.267. The van der Waals surface area contributed by atoms with Crippen LogP contribution < -0.4 is 5.32 Å². The zero-order valence-electron chi connectivity index (χ0n) is 22.5. The van der Waals surface area contributed by atoms with Crippen molar-refractivity contribution in [2.45, 2.75) is 31.7 Å². The number of benzene rings is 3. The minimum Gasteiger partial charge on any atom is -0.508 e. The summed E-state index contributed by atoms with van der Waals surface area (Å²) in [6.45, 7) is 0.802. The SMILES string of the molecule is CN1CC(=O)N2C(Cc3ccc(O)cc3)C(=O)N(Cc3ccc4ncsc4c3)CC2N1C(=O)NCc1ccccc1. The third-order valence-corrected chi connectivity index (χ3v) is 8.36. The summed E-state index contributed by atoms with van der Waals surface area (Å²) in [7, 11) is 1.71. The third-order valence-electron chi connectivity index (χ3n) is 7.57. The molecule has 4 amide bonds. The third kappa shape index (κ3) is 5.46. The van der Waals surface area contributed by atoms with E-state index < -0.39 is 12.2 Å². The molecule has 2 aliphatic heterocycles. The van der Waals surface area contributed by atoms with Crippen LogP contribution in [-0.2, 0) is 29.1 Å². The second kappa shape index (κ2) is 11.2. The average Bonchev–Trinajstić information content (AvgIpc) is 3.44. The Morgan fingerprint density at radius 1 is 1.02 bits per heavy atom. The van der Waals surface area contributed by atoms with Gasteiger partial charge in [-0.3, -0.25) is 9.59 Å². The zero-order valence-corrected chi connectivity index (χ0v) is 23.3. The molecular weight excluding hydrogens is 540 g/mol. The van der Waals surface area contributed by atoms with Crippen LogP contribution in [0, 0.1) is 0 Å². The zero-order chi connectivity index (χ0) is 28.5. The van der Waals surface area contributed by atoms with Gasteiger partial charge in [-0.05, 0) is 41.0 Å². The Balaban J connectivity index is 1.32.